The average molecular weight is 441 g/mol. The van der Waals surface area contributed by atoms with Gasteiger partial charge in [-0.15, -0.1) is 0 Å². The molecule has 2 aliphatic heterocycles. The molecule has 4 nitrogen and oxygen atoms in total. The maximum absolute atomic E-state index is 4.60. The Morgan fingerprint density at radius 3 is 1.36 bits per heavy atom. The molecule has 0 atom stereocenters. The van der Waals surface area contributed by atoms with Crippen molar-refractivity contribution in [2.24, 2.45) is 9.98 Å². The average Bonchev–Trinajstić information content (AvgIpc) is 3.47. The molecule has 2 aromatic heterocycles. The Hall–Kier alpha value is -3.14. The fourth-order valence-electron chi connectivity index (χ4n) is 4.85. The van der Waals surface area contributed by atoms with Crippen LogP contribution in [0, 0.1) is 13.8 Å². The lowest BCUT2D eigenvalue weighted by Crippen LogP contribution is -1.97. The van der Waals surface area contributed by atoms with Gasteiger partial charge in [0.1, 0.15) is 0 Å². The molecule has 0 spiro atoms. The maximum Gasteiger partial charge on any atom is 0.0682 e. The molecule has 33 heavy (non-hydrogen) atoms. The molecule has 0 aliphatic carbocycles. The van der Waals surface area contributed by atoms with E-state index in [0.717, 1.165) is 30.7 Å². The molecule has 4 heteroatoms. The quantitative estimate of drug-likeness (QED) is 0.477. The summed E-state index contributed by atoms with van der Waals surface area (Å²) in [6, 6.07) is 0. The Morgan fingerprint density at radius 1 is 0.667 bits per heavy atom. The lowest BCUT2D eigenvalue weighted by atomic mass is 10.0. The van der Waals surface area contributed by atoms with Gasteiger partial charge in [-0.2, -0.15) is 0 Å². The van der Waals surface area contributed by atoms with Gasteiger partial charge in [-0.25, -0.2) is 0 Å². The highest BCUT2D eigenvalue weighted by Crippen LogP contribution is 2.31. The number of nitrogens with one attached hydrogen (secondary N) is 2. The Morgan fingerprint density at radius 2 is 1.06 bits per heavy atom. The van der Waals surface area contributed by atoms with Crippen molar-refractivity contribution in [1.29, 1.82) is 0 Å². The van der Waals surface area contributed by atoms with Crippen LogP contribution in [-0.4, -0.2) is 22.4 Å². The van der Waals surface area contributed by atoms with Gasteiger partial charge in [0.25, 0.3) is 0 Å². The molecule has 172 valence electrons. The van der Waals surface area contributed by atoms with Gasteiger partial charge >= 0.3 is 0 Å². The molecule has 0 radical (unpaired) electrons. The molecule has 2 aromatic rings. The van der Waals surface area contributed by atoms with Gasteiger partial charge in [0.05, 0.1) is 11.4 Å². The van der Waals surface area contributed by atoms with Crippen LogP contribution in [0.2, 0.25) is 0 Å². The molecular weight excluding hydrogens is 404 g/mol. The zero-order valence-corrected chi connectivity index (χ0v) is 21.3. The number of aliphatic imine (C=N–C) groups is 2. The van der Waals surface area contributed by atoms with Crippen LogP contribution in [0.1, 0.15) is 86.6 Å². The summed E-state index contributed by atoms with van der Waals surface area (Å²) in [5, 5.41) is 0. The number of nitrogens with zero attached hydrogens (tertiary/aromatic N) is 2. The van der Waals surface area contributed by atoms with Crippen LogP contribution in [0.15, 0.2) is 43.7 Å². The third kappa shape index (κ3) is 4.15. The predicted molar refractivity (Wildman–Crippen MR) is 142 cm³/mol. The van der Waals surface area contributed by atoms with Crippen molar-refractivity contribution in [3.63, 3.8) is 0 Å². The lowest BCUT2D eigenvalue weighted by molar-refractivity contribution is 0.965. The molecule has 0 amide bonds. The summed E-state index contributed by atoms with van der Waals surface area (Å²) in [5.41, 5.74) is 17.5. The Bertz CT molecular complexity index is 1200. The first-order chi connectivity index (χ1) is 15.7. The van der Waals surface area contributed by atoms with E-state index < -0.39 is 0 Å². The third-order valence-electron chi connectivity index (χ3n) is 7.38. The van der Waals surface area contributed by atoms with Crippen molar-refractivity contribution < 1.29 is 0 Å². The number of allylic oxidation sites excluding steroid dienone is 4. The Balaban J connectivity index is 1.71. The van der Waals surface area contributed by atoms with Gasteiger partial charge in [-0.1, -0.05) is 13.8 Å². The molecule has 0 unspecified atom stereocenters. The molecule has 4 rings (SSSR count). The van der Waals surface area contributed by atoms with Crippen molar-refractivity contribution in [3.05, 3.63) is 78.7 Å². The molecule has 0 bridgehead atoms. The summed E-state index contributed by atoms with van der Waals surface area (Å²) in [6.07, 6.45) is 11.2. The van der Waals surface area contributed by atoms with Gasteiger partial charge in [-0.3, -0.25) is 9.98 Å². The van der Waals surface area contributed by atoms with Crippen LogP contribution in [0.4, 0.5) is 0 Å². The van der Waals surface area contributed by atoms with Gasteiger partial charge < -0.3 is 9.97 Å². The predicted octanol–water partition coefficient (Wildman–Crippen LogP) is 7.20. The van der Waals surface area contributed by atoms with E-state index in [4.69, 9.17) is 0 Å². The summed E-state index contributed by atoms with van der Waals surface area (Å²) in [4.78, 5) is 16.7. The first kappa shape index (κ1) is 23.0. The van der Waals surface area contributed by atoms with Crippen LogP contribution in [-0.2, 0) is 19.3 Å². The largest absolute Gasteiger partial charge is 0.358 e. The van der Waals surface area contributed by atoms with Crippen molar-refractivity contribution in [2.45, 2.75) is 74.7 Å². The Labute approximate surface area is 198 Å². The molecule has 2 N–H and O–H groups in total. The molecule has 0 fully saturated rings. The van der Waals surface area contributed by atoms with E-state index in [0.29, 0.717) is 0 Å². The van der Waals surface area contributed by atoms with E-state index in [1.165, 1.54) is 67.3 Å². The lowest BCUT2D eigenvalue weighted by Gasteiger charge is -2.05. The second-order valence-electron chi connectivity index (χ2n) is 9.32. The summed E-state index contributed by atoms with van der Waals surface area (Å²) in [5.74, 6) is 0. The first-order valence-electron chi connectivity index (χ1n) is 12.0. The van der Waals surface area contributed by atoms with Crippen molar-refractivity contribution in [3.8, 4) is 0 Å². The first-order valence-corrected chi connectivity index (χ1v) is 12.0. The second-order valence-corrected chi connectivity index (χ2v) is 9.32. The number of rotatable bonds is 6. The van der Waals surface area contributed by atoms with Gasteiger partial charge in [0.15, 0.2) is 0 Å². The smallest absolute Gasteiger partial charge is 0.0682 e. The molecule has 4 heterocycles. The van der Waals surface area contributed by atoms with E-state index in [1.807, 2.05) is 12.4 Å². The fourth-order valence-corrected chi connectivity index (χ4v) is 4.85. The summed E-state index contributed by atoms with van der Waals surface area (Å²) in [7, 11) is 0. The van der Waals surface area contributed by atoms with Crippen molar-refractivity contribution >= 4 is 24.6 Å². The third-order valence-corrected chi connectivity index (χ3v) is 7.38. The normalized spacial score (nSPS) is 18.3. The minimum Gasteiger partial charge on any atom is -0.358 e. The molecule has 0 saturated carbocycles. The molecule has 2 aliphatic rings. The number of aromatic nitrogens is 2. The van der Waals surface area contributed by atoms with Crippen LogP contribution in [0.5, 0.6) is 0 Å². The zero-order valence-electron chi connectivity index (χ0n) is 21.3. The highest BCUT2D eigenvalue weighted by Gasteiger charge is 2.19. The number of aromatic amines is 2. The summed E-state index contributed by atoms with van der Waals surface area (Å²) >= 11 is 0. The SMILES string of the molecule is CCc1c(Cc2[nH]c(C=C3N=CC(C)=C3C)c(C)c2CC)[nH]c(C=C2N=CC(C)=C2C)c1C. The number of H-pyrrole nitrogens is 2. The Kier molecular flexibility index (Phi) is 6.29. The van der Waals surface area contributed by atoms with Crippen LogP contribution >= 0.6 is 0 Å². The minimum absolute atomic E-state index is 0.870. The monoisotopic (exact) mass is 440 g/mol. The number of hydrogen-bond donors (Lipinski definition) is 2. The minimum atomic E-state index is 0.870. The zero-order chi connectivity index (χ0) is 23.9. The summed E-state index contributed by atoms with van der Waals surface area (Å²) < 4.78 is 0. The van der Waals surface area contributed by atoms with E-state index in [-0.39, 0.29) is 0 Å². The highest BCUT2D eigenvalue weighted by molar-refractivity contribution is 5.88. The maximum atomic E-state index is 4.60. The van der Waals surface area contributed by atoms with Gasteiger partial charge in [0, 0.05) is 41.6 Å². The van der Waals surface area contributed by atoms with Crippen LogP contribution in [0.3, 0.4) is 0 Å². The van der Waals surface area contributed by atoms with E-state index in [9.17, 15) is 0 Å². The standard InChI is InChI=1S/C29H36N4/c1-9-22-20(7)26(11-24-18(5)16(3)14-30-24)32-28(22)13-29-23(10-2)21(8)27(33-29)12-25-19(6)17(4)15-31-25/h11-12,14-15,32-33H,9-10,13H2,1-8H3. The second kappa shape index (κ2) is 9.01. The van der Waals surface area contributed by atoms with E-state index in [2.05, 4.69) is 87.5 Å². The molecule has 0 aromatic carbocycles. The van der Waals surface area contributed by atoms with Crippen LogP contribution in [0.25, 0.3) is 12.2 Å². The van der Waals surface area contributed by atoms with E-state index in [1.54, 1.807) is 0 Å². The molecular formula is C29H36N4. The number of hydrogen-bond acceptors (Lipinski definition) is 2. The van der Waals surface area contributed by atoms with Gasteiger partial charge in [-0.05, 0) is 111 Å². The molecule has 0 saturated heterocycles. The highest BCUT2D eigenvalue weighted by atomic mass is 14.8. The van der Waals surface area contributed by atoms with Crippen molar-refractivity contribution in [1.82, 2.24) is 9.97 Å². The van der Waals surface area contributed by atoms with E-state index >= 15 is 0 Å². The van der Waals surface area contributed by atoms with Gasteiger partial charge in [0.2, 0.25) is 0 Å². The summed E-state index contributed by atoms with van der Waals surface area (Å²) in [6.45, 7) is 17.5. The van der Waals surface area contributed by atoms with Crippen molar-refractivity contribution in [2.75, 3.05) is 0 Å². The topological polar surface area (TPSA) is 56.3 Å². The fraction of sp³-hybridized carbons (Fsp3) is 0.379. The van der Waals surface area contributed by atoms with Crippen LogP contribution < -0.4 is 0 Å².